The van der Waals surface area contributed by atoms with Crippen LogP contribution in [0.2, 0.25) is 5.02 Å². The van der Waals surface area contributed by atoms with Crippen LogP contribution in [0.3, 0.4) is 0 Å². The standard InChI is InChI=1S/C24H29ClN2O4/c1-24(2,30)14-21-18-7-5-4-6-17(18)19(26-21)13-22(28)27-20(23(29)31-3)12-15-8-10-16(25)11-9-15/h4-11,19-21,26,30H,12-14H2,1-3H3,(H,27,28)/t19?,20-,21?/m1/s1. The first-order chi connectivity index (χ1) is 14.7. The van der Waals surface area contributed by atoms with Gasteiger partial charge in [0, 0.05) is 29.9 Å². The number of hydrogen-bond acceptors (Lipinski definition) is 5. The molecule has 1 amide bonds. The SMILES string of the molecule is COC(=O)[C@@H](Cc1ccc(Cl)cc1)NC(=O)CC1NC(CC(C)(C)O)c2ccccc21. The molecule has 0 spiro atoms. The molecule has 2 aromatic carbocycles. The maximum Gasteiger partial charge on any atom is 0.328 e. The van der Waals surface area contributed by atoms with E-state index in [9.17, 15) is 14.7 Å². The van der Waals surface area contributed by atoms with Crippen molar-refractivity contribution >= 4 is 23.5 Å². The Labute approximate surface area is 187 Å². The van der Waals surface area contributed by atoms with Crippen LogP contribution >= 0.6 is 11.6 Å². The van der Waals surface area contributed by atoms with Crippen molar-refractivity contribution in [1.29, 1.82) is 0 Å². The second kappa shape index (κ2) is 9.81. The van der Waals surface area contributed by atoms with E-state index in [0.717, 1.165) is 16.7 Å². The first-order valence-corrected chi connectivity index (χ1v) is 10.7. The second-order valence-corrected chi connectivity index (χ2v) is 9.03. The average Bonchev–Trinajstić information content (AvgIpc) is 3.04. The molecule has 3 atom stereocenters. The van der Waals surface area contributed by atoms with Crippen molar-refractivity contribution in [1.82, 2.24) is 10.6 Å². The third-order valence-electron chi connectivity index (χ3n) is 5.42. The number of methoxy groups -OCH3 is 1. The molecule has 0 saturated carbocycles. The molecule has 0 fully saturated rings. The van der Waals surface area contributed by atoms with Crippen LogP contribution in [0, 0.1) is 0 Å². The number of nitrogens with one attached hydrogen (secondary N) is 2. The van der Waals surface area contributed by atoms with Gasteiger partial charge >= 0.3 is 5.97 Å². The normalized spacial score (nSPS) is 18.9. The summed E-state index contributed by atoms with van der Waals surface area (Å²) in [7, 11) is 1.30. The van der Waals surface area contributed by atoms with E-state index in [-0.39, 0.29) is 24.4 Å². The van der Waals surface area contributed by atoms with Crippen molar-refractivity contribution in [3.05, 3.63) is 70.2 Å². The van der Waals surface area contributed by atoms with Crippen molar-refractivity contribution in [3.8, 4) is 0 Å². The second-order valence-electron chi connectivity index (χ2n) is 8.60. The Kier molecular flexibility index (Phi) is 7.36. The molecule has 1 aliphatic heterocycles. The first kappa shape index (κ1) is 23.3. The van der Waals surface area contributed by atoms with E-state index >= 15 is 0 Å². The van der Waals surface area contributed by atoms with Crippen LogP contribution in [0.4, 0.5) is 0 Å². The summed E-state index contributed by atoms with van der Waals surface area (Å²) >= 11 is 5.93. The van der Waals surface area contributed by atoms with E-state index in [2.05, 4.69) is 10.6 Å². The Morgan fingerprint density at radius 1 is 1.13 bits per heavy atom. The number of rotatable bonds is 8. The molecule has 6 nitrogen and oxygen atoms in total. The maximum absolute atomic E-state index is 12.8. The topological polar surface area (TPSA) is 87.7 Å². The molecule has 1 aliphatic rings. The highest BCUT2D eigenvalue weighted by Gasteiger charge is 2.34. The minimum absolute atomic E-state index is 0.0422. The third kappa shape index (κ3) is 6.29. The summed E-state index contributed by atoms with van der Waals surface area (Å²) in [6.45, 7) is 3.55. The van der Waals surface area contributed by atoms with Gasteiger partial charge in [0.1, 0.15) is 6.04 Å². The van der Waals surface area contributed by atoms with Gasteiger partial charge in [-0.25, -0.2) is 4.79 Å². The van der Waals surface area contributed by atoms with Crippen molar-refractivity contribution in [2.75, 3.05) is 7.11 Å². The number of halogens is 1. The fourth-order valence-electron chi connectivity index (χ4n) is 4.04. The monoisotopic (exact) mass is 444 g/mol. The highest BCUT2D eigenvalue weighted by Crippen LogP contribution is 2.38. The smallest absolute Gasteiger partial charge is 0.328 e. The number of ether oxygens (including phenoxy) is 1. The predicted octanol–water partition coefficient (Wildman–Crippen LogP) is 3.48. The van der Waals surface area contributed by atoms with E-state index in [1.54, 1.807) is 26.0 Å². The van der Waals surface area contributed by atoms with E-state index < -0.39 is 17.6 Å². The van der Waals surface area contributed by atoms with Crippen LogP contribution < -0.4 is 10.6 Å². The van der Waals surface area contributed by atoms with E-state index in [1.807, 2.05) is 36.4 Å². The van der Waals surface area contributed by atoms with Crippen LogP contribution in [0.1, 0.15) is 55.5 Å². The van der Waals surface area contributed by atoms with Crippen LogP contribution in [0.15, 0.2) is 48.5 Å². The van der Waals surface area contributed by atoms with E-state index in [0.29, 0.717) is 17.9 Å². The van der Waals surface area contributed by atoms with Crippen LogP contribution in [-0.2, 0) is 20.7 Å². The first-order valence-electron chi connectivity index (χ1n) is 10.3. The molecule has 2 aromatic rings. The van der Waals surface area contributed by atoms with Gasteiger partial charge in [-0.05, 0) is 49.1 Å². The minimum atomic E-state index is -0.837. The summed E-state index contributed by atoms with van der Waals surface area (Å²) in [4.78, 5) is 25.1. The lowest BCUT2D eigenvalue weighted by Gasteiger charge is -2.23. The number of amides is 1. The number of fused-ring (bicyclic) bond motifs is 1. The molecule has 1 heterocycles. The molecule has 166 valence electrons. The van der Waals surface area contributed by atoms with Crippen LogP contribution in [-0.4, -0.2) is 35.7 Å². The summed E-state index contributed by atoms with van der Waals surface area (Å²) < 4.78 is 4.88. The van der Waals surface area contributed by atoms with Crippen molar-refractivity contribution in [2.24, 2.45) is 0 Å². The van der Waals surface area contributed by atoms with Crippen LogP contribution in [0.25, 0.3) is 0 Å². The van der Waals surface area contributed by atoms with Gasteiger partial charge < -0.3 is 20.5 Å². The summed E-state index contributed by atoms with van der Waals surface area (Å²) in [6, 6.07) is 14.0. The molecule has 3 N–H and O–H groups in total. The van der Waals surface area contributed by atoms with Crippen molar-refractivity contribution < 1.29 is 19.4 Å². The molecule has 0 aromatic heterocycles. The average molecular weight is 445 g/mol. The molecule has 31 heavy (non-hydrogen) atoms. The van der Waals surface area contributed by atoms with Gasteiger partial charge in [-0.15, -0.1) is 0 Å². The molecular weight excluding hydrogens is 416 g/mol. The third-order valence-corrected chi connectivity index (χ3v) is 5.67. The molecule has 0 bridgehead atoms. The number of aliphatic hydroxyl groups is 1. The lowest BCUT2D eigenvalue weighted by molar-refractivity contribution is -0.145. The number of hydrogen-bond donors (Lipinski definition) is 3. The summed E-state index contributed by atoms with van der Waals surface area (Å²) in [6.07, 6.45) is 1.02. The Morgan fingerprint density at radius 3 is 2.32 bits per heavy atom. The van der Waals surface area contributed by atoms with E-state index in [4.69, 9.17) is 16.3 Å². The molecular formula is C24H29ClN2O4. The van der Waals surface area contributed by atoms with Gasteiger partial charge in [0.25, 0.3) is 0 Å². The molecule has 0 saturated heterocycles. The highest BCUT2D eigenvalue weighted by molar-refractivity contribution is 6.30. The lowest BCUT2D eigenvalue weighted by Crippen LogP contribution is -2.44. The zero-order valence-corrected chi connectivity index (χ0v) is 18.8. The summed E-state index contributed by atoms with van der Waals surface area (Å²) in [5.41, 5.74) is 2.17. The Bertz CT molecular complexity index is 924. The quantitative estimate of drug-likeness (QED) is 0.542. The number of carbonyl (C=O) groups is 2. The lowest BCUT2D eigenvalue weighted by atomic mass is 9.93. The fourth-order valence-corrected chi connectivity index (χ4v) is 4.16. The summed E-state index contributed by atoms with van der Waals surface area (Å²) in [5, 5.41) is 17.1. The summed E-state index contributed by atoms with van der Waals surface area (Å²) in [5.74, 6) is -0.747. The maximum atomic E-state index is 12.8. The molecule has 7 heteroatoms. The van der Waals surface area contributed by atoms with Crippen molar-refractivity contribution in [2.45, 2.75) is 56.8 Å². The van der Waals surface area contributed by atoms with Gasteiger partial charge in [-0.2, -0.15) is 0 Å². The van der Waals surface area contributed by atoms with Gasteiger partial charge in [-0.3, -0.25) is 4.79 Å². The number of esters is 1. The molecule has 3 rings (SSSR count). The highest BCUT2D eigenvalue weighted by atomic mass is 35.5. The Morgan fingerprint density at radius 2 is 1.74 bits per heavy atom. The molecule has 2 unspecified atom stereocenters. The number of benzene rings is 2. The molecule has 0 radical (unpaired) electrons. The van der Waals surface area contributed by atoms with Crippen LogP contribution in [0.5, 0.6) is 0 Å². The molecule has 0 aliphatic carbocycles. The van der Waals surface area contributed by atoms with Gasteiger partial charge in [0.15, 0.2) is 0 Å². The van der Waals surface area contributed by atoms with Gasteiger partial charge in [0.2, 0.25) is 5.91 Å². The zero-order valence-electron chi connectivity index (χ0n) is 18.0. The van der Waals surface area contributed by atoms with Crippen molar-refractivity contribution in [3.63, 3.8) is 0 Å². The van der Waals surface area contributed by atoms with Gasteiger partial charge in [0.05, 0.1) is 12.7 Å². The van der Waals surface area contributed by atoms with Gasteiger partial charge in [-0.1, -0.05) is 48.0 Å². The fraction of sp³-hybridized carbons (Fsp3) is 0.417. The predicted molar refractivity (Wildman–Crippen MR) is 120 cm³/mol. The zero-order chi connectivity index (χ0) is 22.6. The van der Waals surface area contributed by atoms with E-state index in [1.165, 1.54) is 7.11 Å². The Balaban J connectivity index is 1.69. The largest absolute Gasteiger partial charge is 0.467 e. The minimum Gasteiger partial charge on any atom is -0.467 e. The Hall–Kier alpha value is -2.41. The number of carbonyl (C=O) groups excluding carboxylic acids is 2.